The van der Waals surface area contributed by atoms with Crippen molar-refractivity contribution in [2.24, 2.45) is 0 Å². The molecule has 1 saturated heterocycles. The van der Waals surface area contributed by atoms with Gasteiger partial charge < -0.3 is 11.1 Å². The first-order chi connectivity index (χ1) is 9.96. The number of rotatable bonds is 6. The second-order valence-corrected chi connectivity index (χ2v) is 6.72. The third-order valence-corrected chi connectivity index (χ3v) is 4.62. The Balaban J connectivity index is 2.34. The largest absolute Gasteiger partial charge is 0.383 e. The standard InChI is InChI=1S/C17H30N4/c1-5-8-19-15(14-11-13(2)12-20-16(14)18)17(3,4)21-9-6-7-10-21/h11-12,15,19H,5-10H2,1-4H3,(H2,18,20). The highest BCUT2D eigenvalue weighted by Gasteiger charge is 2.38. The molecule has 0 aromatic carbocycles. The number of aromatic nitrogens is 1. The average Bonchev–Trinajstić information content (AvgIpc) is 2.97. The monoisotopic (exact) mass is 290 g/mol. The first kappa shape index (κ1) is 16.2. The van der Waals surface area contributed by atoms with E-state index >= 15 is 0 Å². The van der Waals surface area contributed by atoms with Gasteiger partial charge in [0, 0.05) is 17.3 Å². The van der Waals surface area contributed by atoms with E-state index in [0.717, 1.165) is 18.5 Å². The number of pyridine rings is 1. The molecule has 1 aliphatic heterocycles. The van der Waals surface area contributed by atoms with Gasteiger partial charge in [0.25, 0.3) is 0 Å². The summed E-state index contributed by atoms with van der Waals surface area (Å²) in [5.41, 5.74) is 8.53. The number of aryl methyl sites for hydroxylation is 1. The van der Waals surface area contributed by atoms with Gasteiger partial charge in [0.05, 0.1) is 6.04 Å². The number of nitrogens with two attached hydrogens (primary N) is 1. The lowest BCUT2D eigenvalue weighted by atomic mass is 9.86. The predicted molar refractivity (Wildman–Crippen MR) is 89.3 cm³/mol. The molecule has 1 fully saturated rings. The average molecular weight is 290 g/mol. The van der Waals surface area contributed by atoms with Crippen LogP contribution in [-0.2, 0) is 0 Å². The van der Waals surface area contributed by atoms with E-state index in [1.54, 1.807) is 0 Å². The molecule has 0 bridgehead atoms. The molecule has 4 nitrogen and oxygen atoms in total. The highest BCUT2D eigenvalue weighted by Crippen LogP contribution is 2.35. The number of hydrogen-bond acceptors (Lipinski definition) is 4. The van der Waals surface area contributed by atoms with Crippen molar-refractivity contribution in [2.75, 3.05) is 25.4 Å². The maximum Gasteiger partial charge on any atom is 0.128 e. The lowest BCUT2D eigenvalue weighted by Crippen LogP contribution is -2.52. The third kappa shape index (κ3) is 3.55. The number of likely N-dealkylation sites (tertiary alicyclic amines) is 1. The molecule has 3 N–H and O–H groups in total. The predicted octanol–water partition coefficient (Wildman–Crippen LogP) is 2.89. The first-order valence-electron chi connectivity index (χ1n) is 8.17. The maximum absolute atomic E-state index is 6.19. The zero-order chi connectivity index (χ0) is 15.5. The van der Waals surface area contributed by atoms with E-state index in [2.05, 4.69) is 49.0 Å². The zero-order valence-electron chi connectivity index (χ0n) is 13.9. The molecule has 1 unspecified atom stereocenters. The van der Waals surface area contributed by atoms with Crippen LogP contribution in [0.5, 0.6) is 0 Å². The van der Waals surface area contributed by atoms with Gasteiger partial charge in [-0.2, -0.15) is 0 Å². The smallest absolute Gasteiger partial charge is 0.128 e. The molecule has 1 aliphatic rings. The highest BCUT2D eigenvalue weighted by molar-refractivity contribution is 5.44. The Kier molecular flexibility index (Phi) is 5.22. The molecule has 1 aromatic heterocycles. The van der Waals surface area contributed by atoms with Crippen LogP contribution in [0.1, 0.15) is 57.2 Å². The molecular weight excluding hydrogens is 260 g/mol. The summed E-state index contributed by atoms with van der Waals surface area (Å²) in [5.74, 6) is 0.654. The summed E-state index contributed by atoms with van der Waals surface area (Å²) in [5, 5.41) is 3.71. The van der Waals surface area contributed by atoms with Crippen LogP contribution < -0.4 is 11.1 Å². The van der Waals surface area contributed by atoms with Gasteiger partial charge in [-0.1, -0.05) is 6.92 Å². The second kappa shape index (κ2) is 6.75. The number of nitrogens with zero attached hydrogens (tertiary/aromatic N) is 2. The summed E-state index contributed by atoms with van der Waals surface area (Å²) in [6, 6.07) is 2.40. The van der Waals surface area contributed by atoms with Gasteiger partial charge in [-0.15, -0.1) is 0 Å². The molecule has 4 heteroatoms. The lowest BCUT2D eigenvalue weighted by molar-refractivity contribution is 0.107. The van der Waals surface area contributed by atoms with E-state index in [9.17, 15) is 0 Å². The summed E-state index contributed by atoms with van der Waals surface area (Å²) in [4.78, 5) is 6.95. The van der Waals surface area contributed by atoms with Crippen LogP contribution in [-0.4, -0.2) is 35.1 Å². The number of nitrogens with one attached hydrogen (secondary N) is 1. The van der Waals surface area contributed by atoms with Gasteiger partial charge in [0.1, 0.15) is 5.82 Å². The van der Waals surface area contributed by atoms with Gasteiger partial charge in [0.15, 0.2) is 0 Å². The Morgan fingerprint density at radius 1 is 1.38 bits per heavy atom. The normalized spacial score (nSPS) is 18.1. The Labute approximate surface area is 129 Å². The Bertz CT molecular complexity index is 464. The summed E-state index contributed by atoms with van der Waals surface area (Å²) >= 11 is 0. The Morgan fingerprint density at radius 2 is 2.05 bits per heavy atom. The number of nitrogen functional groups attached to an aromatic ring is 1. The summed E-state index contributed by atoms with van der Waals surface area (Å²) in [6.07, 6.45) is 5.56. The molecule has 0 saturated carbocycles. The van der Waals surface area contributed by atoms with Crippen molar-refractivity contribution in [3.8, 4) is 0 Å². The molecule has 1 atom stereocenters. The Hall–Kier alpha value is -1.13. The van der Waals surface area contributed by atoms with Crippen molar-refractivity contribution in [2.45, 2.75) is 58.5 Å². The summed E-state index contributed by atoms with van der Waals surface area (Å²) in [7, 11) is 0. The minimum Gasteiger partial charge on any atom is -0.383 e. The minimum atomic E-state index is 0.0370. The first-order valence-corrected chi connectivity index (χ1v) is 8.17. The van der Waals surface area contributed by atoms with Gasteiger partial charge in [0.2, 0.25) is 0 Å². The minimum absolute atomic E-state index is 0.0370. The number of anilines is 1. The molecule has 0 spiro atoms. The van der Waals surface area contributed by atoms with Crippen LogP contribution in [0, 0.1) is 6.92 Å². The fourth-order valence-electron chi connectivity index (χ4n) is 3.34. The van der Waals surface area contributed by atoms with Crippen molar-refractivity contribution in [3.05, 3.63) is 23.4 Å². The molecule has 2 rings (SSSR count). The van der Waals surface area contributed by atoms with Crippen molar-refractivity contribution >= 4 is 5.82 Å². The van der Waals surface area contributed by atoms with Gasteiger partial charge >= 0.3 is 0 Å². The van der Waals surface area contributed by atoms with E-state index in [-0.39, 0.29) is 11.6 Å². The van der Waals surface area contributed by atoms with Crippen molar-refractivity contribution in [1.82, 2.24) is 15.2 Å². The summed E-state index contributed by atoms with van der Waals surface area (Å²) < 4.78 is 0. The van der Waals surface area contributed by atoms with E-state index < -0.39 is 0 Å². The van der Waals surface area contributed by atoms with Crippen LogP contribution in [0.15, 0.2) is 12.3 Å². The van der Waals surface area contributed by atoms with Crippen LogP contribution in [0.3, 0.4) is 0 Å². The van der Waals surface area contributed by atoms with Crippen LogP contribution >= 0.6 is 0 Å². The third-order valence-electron chi connectivity index (χ3n) is 4.62. The SMILES string of the molecule is CCCNC(c1cc(C)cnc1N)C(C)(C)N1CCCC1. The molecular formula is C17H30N4. The quantitative estimate of drug-likeness (QED) is 0.846. The van der Waals surface area contributed by atoms with Crippen LogP contribution in [0.25, 0.3) is 0 Å². The van der Waals surface area contributed by atoms with Crippen molar-refractivity contribution in [1.29, 1.82) is 0 Å². The fraction of sp³-hybridized carbons (Fsp3) is 0.706. The van der Waals surface area contributed by atoms with Gasteiger partial charge in [-0.05, 0) is 71.3 Å². The van der Waals surface area contributed by atoms with E-state index in [1.165, 1.54) is 31.5 Å². The second-order valence-electron chi connectivity index (χ2n) is 6.72. The Morgan fingerprint density at radius 3 is 2.67 bits per heavy atom. The molecule has 0 aliphatic carbocycles. The molecule has 21 heavy (non-hydrogen) atoms. The molecule has 0 radical (unpaired) electrons. The lowest BCUT2D eigenvalue weighted by Gasteiger charge is -2.43. The van der Waals surface area contributed by atoms with Crippen LogP contribution in [0.4, 0.5) is 5.82 Å². The van der Waals surface area contributed by atoms with E-state index in [0.29, 0.717) is 5.82 Å². The van der Waals surface area contributed by atoms with Gasteiger partial charge in [-0.3, -0.25) is 4.90 Å². The topological polar surface area (TPSA) is 54.2 Å². The highest BCUT2D eigenvalue weighted by atomic mass is 15.2. The fourth-order valence-corrected chi connectivity index (χ4v) is 3.34. The molecule has 118 valence electrons. The molecule has 2 heterocycles. The van der Waals surface area contributed by atoms with E-state index in [4.69, 9.17) is 5.73 Å². The number of hydrogen-bond donors (Lipinski definition) is 2. The zero-order valence-corrected chi connectivity index (χ0v) is 13.9. The van der Waals surface area contributed by atoms with Gasteiger partial charge in [-0.25, -0.2) is 4.98 Å². The molecule has 1 aromatic rings. The molecule has 0 amide bonds. The van der Waals surface area contributed by atoms with Crippen molar-refractivity contribution in [3.63, 3.8) is 0 Å². The maximum atomic E-state index is 6.19. The van der Waals surface area contributed by atoms with Crippen molar-refractivity contribution < 1.29 is 0 Å². The summed E-state index contributed by atoms with van der Waals surface area (Å²) in [6.45, 7) is 12.3. The van der Waals surface area contributed by atoms with E-state index in [1.807, 2.05) is 6.20 Å². The van der Waals surface area contributed by atoms with Crippen LogP contribution in [0.2, 0.25) is 0 Å².